The van der Waals surface area contributed by atoms with Crippen molar-refractivity contribution in [1.82, 2.24) is 14.8 Å². The molecule has 1 N–H and O–H groups in total. The number of aryl methyl sites for hydroxylation is 1. The second kappa shape index (κ2) is 7.87. The van der Waals surface area contributed by atoms with E-state index in [1.165, 1.54) is 31.4 Å². The Balaban J connectivity index is 0.00000196. The molecule has 1 aromatic heterocycles. The van der Waals surface area contributed by atoms with Crippen LogP contribution in [-0.4, -0.2) is 47.8 Å². The van der Waals surface area contributed by atoms with Gasteiger partial charge in [-0.1, -0.05) is 18.0 Å². The molecule has 0 bridgehead atoms. The van der Waals surface area contributed by atoms with Gasteiger partial charge in [0.2, 0.25) is 0 Å². The average molecular weight is 493 g/mol. The van der Waals surface area contributed by atoms with Crippen molar-refractivity contribution in [2.75, 3.05) is 20.2 Å². The van der Waals surface area contributed by atoms with Gasteiger partial charge in [0.15, 0.2) is 5.96 Å². The van der Waals surface area contributed by atoms with Crippen LogP contribution in [0.5, 0.6) is 0 Å². The van der Waals surface area contributed by atoms with E-state index in [1.54, 1.807) is 0 Å². The number of nitrogens with zero attached hydrogens (tertiary/aromatic N) is 3. The van der Waals surface area contributed by atoms with Gasteiger partial charge in [0.05, 0.1) is 17.7 Å². The van der Waals surface area contributed by atoms with Crippen molar-refractivity contribution in [1.29, 1.82) is 0 Å². The van der Waals surface area contributed by atoms with Crippen molar-refractivity contribution in [3.05, 3.63) is 23.0 Å². The lowest BCUT2D eigenvalue weighted by Gasteiger charge is -2.63. The number of halogens is 2. The lowest BCUT2D eigenvalue weighted by molar-refractivity contribution is -0.171. The van der Waals surface area contributed by atoms with Gasteiger partial charge in [-0.25, -0.2) is 0 Å². The quantitative estimate of drug-likeness (QED) is 0.396. The van der Waals surface area contributed by atoms with Gasteiger partial charge in [0, 0.05) is 56.5 Å². The molecule has 146 valence electrons. The lowest BCUT2D eigenvalue weighted by atomic mass is 9.46. The fourth-order valence-corrected chi connectivity index (χ4v) is 5.33. The van der Waals surface area contributed by atoms with E-state index in [4.69, 9.17) is 21.3 Å². The molecule has 1 aromatic rings. The van der Waals surface area contributed by atoms with Gasteiger partial charge in [0.1, 0.15) is 0 Å². The second-order valence-electron chi connectivity index (χ2n) is 7.87. The number of ether oxygens (including phenoxy) is 1. The number of hydrogen-bond acceptors (Lipinski definition) is 2. The first-order valence-corrected chi connectivity index (χ1v) is 9.87. The molecule has 1 spiro atoms. The molecule has 4 rings (SSSR count). The van der Waals surface area contributed by atoms with E-state index in [1.807, 2.05) is 19.3 Å². The van der Waals surface area contributed by atoms with Gasteiger partial charge in [-0.2, -0.15) is 0 Å². The van der Waals surface area contributed by atoms with Gasteiger partial charge in [0.25, 0.3) is 0 Å². The van der Waals surface area contributed by atoms with E-state index >= 15 is 0 Å². The highest BCUT2D eigenvalue weighted by molar-refractivity contribution is 14.0. The van der Waals surface area contributed by atoms with Crippen LogP contribution in [0.15, 0.2) is 17.3 Å². The Morgan fingerprint density at radius 3 is 2.85 bits per heavy atom. The number of guanidine groups is 1. The number of rotatable bonds is 4. The number of aromatic nitrogens is 1. The minimum atomic E-state index is 0. The molecule has 2 heterocycles. The predicted octanol–water partition coefficient (Wildman–Crippen LogP) is 3.65. The van der Waals surface area contributed by atoms with Crippen molar-refractivity contribution in [2.45, 2.75) is 51.3 Å². The van der Waals surface area contributed by atoms with Crippen molar-refractivity contribution < 1.29 is 4.74 Å². The fourth-order valence-electron chi connectivity index (χ4n) is 5.06. The summed E-state index contributed by atoms with van der Waals surface area (Å²) in [6.07, 6.45) is 7.54. The third kappa shape index (κ3) is 3.26. The van der Waals surface area contributed by atoms with E-state index in [9.17, 15) is 0 Å². The maximum absolute atomic E-state index is 6.13. The molecule has 7 heteroatoms. The Kier molecular flexibility index (Phi) is 6.14. The van der Waals surface area contributed by atoms with E-state index in [0.29, 0.717) is 23.5 Å². The van der Waals surface area contributed by atoms with E-state index in [-0.39, 0.29) is 24.0 Å². The summed E-state index contributed by atoms with van der Waals surface area (Å²) in [5, 5.41) is 4.60. The summed E-state index contributed by atoms with van der Waals surface area (Å²) in [4.78, 5) is 6.98. The monoisotopic (exact) mass is 492 g/mol. The molecule has 0 amide bonds. The summed E-state index contributed by atoms with van der Waals surface area (Å²) < 4.78 is 8.13. The van der Waals surface area contributed by atoms with Gasteiger partial charge in [-0.3, -0.25) is 4.99 Å². The molecule has 0 aromatic carbocycles. The first kappa shape index (κ1) is 20.3. The summed E-state index contributed by atoms with van der Waals surface area (Å²) >= 11 is 6.13. The molecule has 2 aliphatic carbocycles. The summed E-state index contributed by atoms with van der Waals surface area (Å²) in [5.74, 6) is 1.65. The molecule has 0 radical (unpaired) electrons. The molecule has 1 aliphatic heterocycles. The zero-order valence-corrected chi connectivity index (χ0v) is 19.0. The van der Waals surface area contributed by atoms with Crippen LogP contribution in [0.3, 0.4) is 0 Å². The normalized spacial score (nSPS) is 28.8. The maximum atomic E-state index is 6.13. The molecule has 26 heavy (non-hydrogen) atoms. The Bertz CT molecular complexity index is 672. The molecule has 3 aliphatic rings. The van der Waals surface area contributed by atoms with E-state index < -0.39 is 0 Å². The highest BCUT2D eigenvalue weighted by Gasteiger charge is 2.66. The fraction of sp³-hybridized carbons (Fsp3) is 0.737. The standard InChI is InChI=1S/C19H29ClN4O.HI/c1-4-21-18(24(3)12-14-10-13(20)11-23(14)2)22-16-15-6-9-25-17(15)19(16)7-5-8-19;/h10-11,15-17H,4-9,12H2,1-3H3,(H,21,22);1H. The third-order valence-electron chi connectivity index (χ3n) is 6.46. The second-order valence-corrected chi connectivity index (χ2v) is 8.30. The molecule has 3 atom stereocenters. The van der Waals surface area contributed by atoms with Crippen LogP contribution in [0.4, 0.5) is 0 Å². The smallest absolute Gasteiger partial charge is 0.194 e. The van der Waals surface area contributed by atoms with Crippen LogP contribution in [0, 0.1) is 11.3 Å². The first-order valence-electron chi connectivity index (χ1n) is 9.49. The van der Waals surface area contributed by atoms with Crippen molar-refractivity contribution >= 4 is 41.5 Å². The molecule has 3 unspecified atom stereocenters. The number of hydrogen-bond donors (Lipinski definition) is 1. The van der Waals surface area contributed by atoms with Crippen molar-refractivity contribution in [2.24, 2.45) is 23.4 Å². The van der Waals surface area contributed by atoms with E-state index in [0.717, 1.165) is 30.7 Å². The summed E-state index contributed by atoms with van der Waals surface area (Å²) in [5.41, 5.74) is 1.55. The molecule has 1 saturated heterocycles. The van der Waals surface area contributed by atoms with Crippen molar-refractivity contribution in [3.63, 3.8) is 0 Å². The molecule has 2 saturated carbocycles. The lowest BCUT2D eigenvalue weighted by Crippen LogP contribution is -2.72. The SMILES string of the molecule is CCN=C(NC1C2CCOC2C12CCC2)N(C)Cc1cc(Cl)cn1C.I. The Morgan fingerprint density at radius 2 is 2.27 bits per heavy atom. The van der Waals surface area contributed by atoms with Crippen LogP contribution in [-0.2, 0) is 18.3 Å². The average Bonchev–Trinajstić information content (AvgIpc) is 3.06. The molecular weight excluding hydrogens is 463 g/mol. The Morgan fingerprint density at radius 1 is 1.50 bits per heavy atom. The zero-order valence-electron chi connectivity index (χ0n) is 15.9. The molecular formula is C19H30ClIN4O. The van der Waals surface area contributed by atoms with Gasteiger partial charge < -0.3 is 19.5 Å². The zero-order chi connectivity index (χ0) is 17.6. The van der Waals surface area contributed by atoms with Gasteiger partial charge in [-0.05, 0) is 32.3 Å². The van der Waals surface area contributed by atoms with Crippen LogP contribution in [0.2, 0.25) is 5.02 Å². The van der Waals surface area contributed by atoms with Gasteiger partial charge in [-0.15, -0.1) is 24.0 Å². The van der Waals surface area contributed by atoms with Crippen molar-refractivity contribution in [3.8, 4) is 0 Å². The van der Waals surface area contributed by atoms with Crippen LogP contribution >= 0.6 is 35.6 Å². The summed E-state index contributed by atoms with van der Waals surface area (Å²) in [7, 11) is 4.14. The number of nitrogens with one attached hydrogen (secondary N) is 1. The number of fused-ring (bicyclic) bond motifs is 2. The molecule has 3 fully saturated rings. The maximum Gasteiger partial charge on any atom is 0.194 e. The minimum absolute atomic E-state index is 0. The Hall–Kier alpha value is -0.470. The minimum Gasteiger partial charge on any atom is -0.377 e. The largest absolute Gasteiger partial charge is 0.377 e. The van der Waals surface area contributed by atoms with Gasteiger partial charge >= 0.3 is 0 Å². The summed E-state index contributed by atoms with van der Waals surface area (Å²) in [6.45, 7) is 4.59. The third-order valence-corrected chi connectivity index (χ3v) is 6.67. The van der Waals surface area contributed by atoms with Crippen LogP contribution in [0.25, 0.3) is 0 Å². The van der Waals surface area contributed by atoms with E-state index in [2.05, 4.69) is 28.8 Å². The molecule has 5 nitrogen and oxygen atoms in total. The highest BCUT2D eigenvalue weighted by atomic mass is 127. The number of aliphatic imine (C=N–C) groups is 1. The van der Waals surface area contributed by atoms with Crippen LogP contribution < -0.4 is 5.32 Å². The van der Waals surface area contributed by atoms with Crippen LogP contribution in [0.1, 0.15) is 38.3 Å². The topological polar surface area (TPSA) is 41.8 Å². The highest BCUT2D eigenvalue weighted by Crippen LogP contribution is 2.62. The Labute approximate surface area is 178 Å². The first-order chi connectivity index (χ1) is 12.0. The summed E-state index contributed by atoms with van der Waals surface area (Å²) in [6, 6.07) is 2.54. The predicted molar refractivity (Wildman–Crippen MR) is 116 cm³/mol.